The van der Waals surface area contributed by atoms with Gasteiger partial charge in [0.15, 0.2) is 4.34 Å². The standard InChI is InChI=1S/C25H25N3O3S2/c1-15-6-8-16(9-7-15)13-26-22(29)14-32-25-27-20-11-10-17(12-21(20)33-25)28-23(30)18-4-2-3-5-19(18)24(28)31/h6-12,18-19H,2-5,13-14H2,1H3,(H,26,29)/t18-,19-/m0/s1. The number of rotatable bonds is 6. The van der Waals surface area contributed by atoms with Crippen LogP contribution in [0.4, 0.5) is 5.69 Å². The number of hydrogen-bond acceptors (Lipinski definition) is 6. The predicted molar refractivity (Wildman–Crippen MR) is 131 cm³/mol. The predicted octanol–water partition coefficient (Wildman–Crippen LogP) is 4.69. The lowest BCUT2D eigenvalue weighted by atomic mass is 9.81. The van der Waals surface area contributed by atoms with E-state index in [0.717, 1.165) is 45.8 Å². The van der Waals surface area contributed by atoms with Gasteiger partial charge in [0.1, 0.15) is 0 Å². The summed E-state index contributed by atoms with van der Waals surface area (Å²) in [5.41, 5.74) is 3.69. The molecule has 2 aromatic carbocycles. The summed E-state index contributed by atoms with van der Waals surface area (Å²) in [6.45, 7) is 2.54. The fourth-order valence-electron chi connectivity index (χ4n) is 4.59. The van der Waals surface area contributed by atoms with E-state index >= 15 is 0 Å². The lowest BCUT2D eigenvalue weighted by Crippen LogP contribution is -2.30. The number of aromatic nitrogens is 1. The molecule has 2 heterocycles. The number of aryl methyl sites for hydroxylation is 1. The van der Waals surface area contributed by atoms with E-state index in [0.29, 0.717) is 12.2 Å². The summed E-state index contributed by atoms with van der Waals surface area (Å²) in [5, 5.41) is 2.94. The molecule has 1 aliphatic heterocycles. The summed E-state index contributed by atoms with van der Waals surface area (Å²) in [6.07, 6.45) is 3.64. The second kappa shape index (κ2) is 9.27. The molecule has 1 N–H and O–H groups in total. The van der Waals surface area contributed by atoms with Crippen LogP contribution >= 0.6 is 23.1 Å². The van der Waals surface area contributed by atoms with Gasteiger partial charge in [0.2, 0.25) is 17.7 Å². The van der Waals surface area contributed by atoms with E-state index in [2.05, 4.69) is 10.3 Å². The van der Waals surface area contributed by atoms with Gasteiger partial charge < -0.3 is 5.32 Å². The maximum absolute atomic E-state index is 12.9. The number of nitrogens with zero attached hydrogens (tertiary/aromatic N) is 2. The lowest BCUT2D eigenvalue weighted by Gasteiger charge is -2.19. The maximum atomic E-state index is 12.9. The van der Waals surface area contributed by atoms with E-state index in [9.17, 15) is 14.4 Å². The first-order valence-corrected chi connectivity index (χ1v) is 13.0. The Balaban J connectivity index is 1.23. The van der Waals surface area contributed by atoms with Crippen LogP contribution in [-0.4, -0.2) is 28.5 Å². The van der Waals surface area contributed by atoms with Crippen molar-refractivity contribution in [3.05, 3.63) is 53.6 Å². The molecule has 170 valence electrons. The number of benzene rings is 2. The Hall–Kier alpha value is -2.71. The number of carbonyl (C=O) groups is 3. The molecule has 3 aromatic rings. The van der Waals surface area contributed by atoms with Crippen molar-refractivity contribution in [2.75, 3.05) is 10.7 Å². The highest BCUT2D eigenvalue weighted by molar-refractivity contribution is 8.01. The topological polar surface area (TPSA) is 79.4 Å². The molecular weight excluding hydrogens is 454 g/mol. The Morgan fingerprint density at radius 1 is 1.09 bits per heavy atom. The molecule has 33 heavy (non-hydrogen) atoms. The van der Waals surface area contributed by atoms with Crippen molar-refractivity contribution >= 4 is 56.7 Å². The number of carbonyl (C=O) groups excluding carboxylic acids is 3. The summed E-state index contributed by atoms with van der Waals surface area (Å²) in [7, 11) is 0. The zero-order valence-electron chi connectivity index (χ0n) is 18.4. The molecule has 0 radical (unpaired) electrons. The molecule has 1 aliphatic carbocycles. The number of amides is 3. The Bertz CT molecular complexity index is 1200. The third-order valence-electron chi connectivity index (χ3n) is 6.39. The molecule has 6 nitrogen and oxygen atoms in total. The summed E-state index contributed by atoms with van der Waals surface area (Å²) >= 11 is 2.87. The molecule has 2 fully saturated rings. The van der Waals surface area contributed by atoms with E-state index in [4.69, 9.17) is 0 Å². The molecule has 0 spiro atoms. The van der Waals surface area contributed by atoms with Crippen LogP contribution in [0.5, 0.6) is 0 Å². The number of anilines is 1. The van der Waals surface area contributed by atoms with Crippen LogP contribution in [0.1, 0.15) is 36.8 Å². The molecule has 2 aliphatic rings. The highest BCUT2D eigenvalue weighted by Gasteiger charge is 2.48. The first-order valence-electron chi connectivity index (χ1n) is 11.2. The minimum Gasteiger partial charge on any atom is -0.351 e. The highest BCUT2D eigenvalue weighted by Crippen LogP contribution is 2.41. The fourth-order valence-corrected chi connectivity index (χ4v) is 6.53. The fraction of sp³-hybridized carbons (Fsp3) is 0.360. The number of imide groups is 1. The van der Waals surface area contributed by atoms with Crippen molar-refractivity contribution in [1.29, 1.82) is 0 Å². The van der Waals surface area contributed by atoms with Crippen molar-refractivity contribution in [3.8, 4) is 0 Å². The number of nitrogens with one attached hydrogen (secondary N) is 1. The summed E-state index contributed by atoms with van der Waals surface area (Å²) < 4.78 is 1.70. The van der Waals surface area contributed by atoms with Gasteiger partial charge in [-0.25, -0.2) is 4.98 Å². The van der Waals surface area contributed by atoms with Gasteiger partial charge in [-0.3, -0.25) is 19.3 Å². The average molecular weight is 480 g/mol. The van der Waals surface area contributed by atoms with Gasteiger partial charge in [0.05, 0.1) is 33.5 Å². The zero-order valence-corrected chi connectivity index (χ0v) is 20.0. The molecule has 5 rings (SSSR count). The second-order valence-corrected chi connectivity index (χ2v) is 10.9. The van der Waals surface area contributed by atoms with Crippen LogP contribution in [0.3, 0.4) is 0 Å². The van der Waals surface area contributed by atoms with E-state index in [-0.39, 0.29) is 35.3 Å². The Kier molecular flexibility index (Phi) is 6.21. The summed E-state index contributed by atoms with van der Waals surface area (Å²) in [5.74, 6) is -0.204. The van der Waals surface area contributed by atoms with Crippen LogP contribution in [0.15, 0.2) is 46.8 Å². The first kappa shape index (κ1) is 22.1. The van der Waals surface area contributed by atoms with Crippen molar-refractivity contribution in [3.63, 3.8) is 0 Å². The van der Waals surface area contributed by atoms with E-state index in [1.807, 2.05) is 43.3 Å². The van der Waals surface area contributed by atoms with Crippen LogP contribution in [0.2, 0.25) is 0 Å². The van der Waals surface area contributed by atoms with E-state index < -0.39 is 0 Å². The molecule has 2 atom stereocenters. The van der Waals surface area contributed by atoms with Crippen LogP contribution < -0.4 is 10.2 Å². The van der Waals surface area contributed by atoms with E-state index in [1.165, 1.54) is 33.6 Å². The smallest absolute Gasteiger partial charge is 0.237 e. The molecule has 0 bridgehead atoms. The van der Waals surface area contributed by atoms with Gasteiger partial charge in [0, 0.05) is 6.54 Å². The quantitative estimate of drug-likeness (QED) is 0.410. The summed E-state index contributed by atoms with van der Waals surface area (Å²) in [4.78, 5) is 44.0. The minimum absolute atomic E-state index is 0.0450. The molecule has 1 saturated carbocycles. The SMILES string of the molecule is Cc1ccc(CNC(=O)CSc2nc3ccc(N4C(=O)[C@H]5CCCC[C@@H]5C4=O)cc3s2)cc1. The highest BCUT2D eigenvalue weighted by atomic mass is 32.2. The van der Waals surface area contributed by atoms with Crippen LogP contribution in [-0.2, 0) is 20.9 Å². The minimum atomic E-state index is -0.159. The Morgan fingerprint density at radius 3 is 2.48 bits per heavy atom. The lowest BCUT2D eigenvalue weighted by molar-refractivity contribution is -0.122. The number of hydrogen-bond donors (Lipinski definition) is 1. The van der Waals surface area contributed by atoms with Gasteiger partial charge in [-0.15, -0.1) is 11.3 Å². The Morgan fingerprint density at radius 2 is 1.79 bits per heavy atom. The number of fused-ring (bicyclic) bond motifs is 2. The maximum Gasteiger partial charge on any atom is 0.237 e. The third-order valence-corrected chi connectivity index (χ3v) is 8.55. The van der Waals surface area contributed by atoms with Crippen molar-refractivity contribution in [2.45, 2.75) is 43.5 Å². The van der Waals surface area contributed by atoms with E-state index in [1.54, 1.807) is 6.07 Å². The normalized spacial score (nSPS) is 20.3. The third kappa shape index (κ3) is 4.54. The first-order chi connectivity index (χ1) is 16.0. The van der Waals surface area contributed by atoms with Crippen LogP contribution in [0.25, 0.3) is 10.2 Å². The van der Waals surface area contributed by atoms with Gasteiger partial charge in [-0.05, 0) is 43.5 Å². The van der Waals surface area contributed by atoms with Crippen LogP contribution in [0, 0.1) is 18.8 Å². The molecule has 1 saturated heterocycles. The van der Waals surface area contributed by atoms with Gasteiger partial charge in [-0.1, -0.05) is 54.4 Å². The monoisotopic (exact) mass is 479 g/mol. The second-order valence-electron chi connectivity index (χ2n) is 8.69. The molecule has 8 heteroatoms. The molecule has 1 aromatic heterocycles. The summed E-state index contributed by atoms with van der Waals surface area (Å²) in [6, 6.07) is 13.6. The van der Waals surface area contributed by atoms with Crippen molar-refractivity contribution < 1.29 is 14.4 Å². The largest absolute Gasteiger partial charge is 0.351 e. The zero-order chi connectivity index (χ0) is 22.9. The molecular formula is C25H25N3O3S2. The van der Waals surface area contributed by atoms with Crippen molar-refractivity contribution in [2.24, 2.45) is 11.8 Å². The Labute approximate surface area is 200 Å². The van der Waals surface area contributed by atoms with Gasteiger partial charge in [-0.2, -0.15) is 0 Å². The number of thioether (sulfide) groups is 1. The molecule has 3 amide bonds. The number of thiazole rings is 1. The average Bonchev–Trinajstić information content (AvgIpc) is 3.35. The van der Waals surface area contributed by atoms with Gasteiger partial charge >= 0.3 is 0 Å². The van der Waals surface area contributed by atoms with Gasteiger partial charge in [0.25, 0.3) is 0 Å². The molecule has 0 unspecified atom stereocenters. The van der Waals surface area contributed by atoms with Crippen molar-refractivity contribution in [1.82, 2.24) is 10.3 Å².